The van der Waals surface area contributed by atoms with Crippen molar-refractivity contribution >= 4 is 94.5 Å². The van der Waals surface area contributed by atoms with E-state index in [0.717, 1.165) is 0 Å². The highest BCUT2D eigenvalue weighted by molar-refractivity contribution is 6.01. The molecule has 0 aromatic carbocycles. The van der Waals surface area contributed by atoms with Gasteiger partial charge in [-0.25, -0.2) is 0 Å². The molecule has 1 aliphatic rings. The quantitative estimate of drug-likeness (QED) is 0.0340. The minimum atomic E-state index is -1.31. The zero-order chi connectivity index (χ0) is 96.0. The summed E-state index contributed by atoms with van der Waals surface area (Å²) in [4.78, 5) is 229. The molecule has 1 saturated heterocycles. The van der Waals surface area contributed by atoms with Crippen molar-refractivity contribution in [2.75, 3.05) is 52.4 Å². The van der Waals surface area contributed by atoms with Crippen LogP contribution < -0.4 is 120 Å². The Balaban J connectivity index is 3.71. The summed E-state index contributed by atoms with van der Waals surface area (Å²) in [5, 5.41) is 38.9. The van der Waals surface area contributed by atoms with E-state index in [1.165, 1.54) is 18.7 Å². The summed E-state index contributed by atoms with van der Waals surface area (Å²) >= 11 is 0. The molecule has 0 aromatic rings. The lowest BCUT2D eigenvalue weighted by Gasteiger charge is -2.32. The lowest BCUT2D eigenvalue weighted by atomic mass is 9.98. The summed E-state index contributed by atoms with van der Waals surface area (Å²) in [6.45, 7) is 26.9. The number of likely N-dealkylation sites (tertiary alicyclic amines) is 1. The molecule has 0 bridgehead atoms. The maximum atomic E-state index is 15.1. The summed E-state index contributed by atoms with van der Waals surface area (Å²) in [7, 11) is 0. The highest BCUT2D eigenvalue weighted by Crippen LogP contribution is 2.23. The molecule has 15 atom stereocenters. The van der Waals surface area contributed by atoms with Crippen LogP contribution in [0.15, 0.2) is 0 Å². The molecule has 30 N–H and O–H groups in total. The first-order valence-corrected chi connectivity index (χ1v) is 46.8. The fourth-order valence-electron chi connectivity index (χ4n) is 15.0. The van der Waals surface area contributed by atoms with E-state index < -0.39 is 185 Å². The van der Waals surface area contributed by atoms with E-state index in [0.29, 0.717) is 116 Å². The highest BCUT2D eigenvalue weighted by Gasteiger charge is 2.42. The molecular formula is C88H167N23O16. The number of nitrogens with zero attached hydrogens (tertiary/aromatic N) is 1. The van der Waals surface area contributed by atoms with Gasteiger partial charge >= 0.3 is 0 Å². The maximum absolute atomic E-state index is 15.1. The summed E-state index contributed by atoms with van der Waals surface area (Å²) in [5.41, 5.74) is 46.5. The normalized spacial score (nSPS) is 16.1. The topological polar surface area (TPSA) is 653 Å². The van der Waals surface area contributed by atoms with Crippen LogP contribution in [-0.4, -0.2) is 242 Å². The molecule has 39 nitrogen and oxygen atoms in total. The van der Waals surface area contributed by atoms with E-state index >= 15 is 4.79 Å². The monoisotopic (exact) mass is 1800 g/mol. The van der Waals surface area contributed by atoms with Crippen molar-refractivity contribution in [1.29, 1.82) is 0 Å². The average Bonchev–Trinajstić information content (AvgIpc) is 1.68. The first kappa shape index (κ1) is 116. The summed E-state index contributed by atoms with van der Waals surface area (Å²) < 4.78 is 0. The third-order valence-corrected chi connectivity index (χ3v) is 21.8. The molecule has 0 aliphatic carbocycles. The van der Waals surface area contributed by atoms with Gasteiger partial charge in [-0.05, 0) is 274 Å². The highest BCUT2D eigenvalue weighted by atomic mass is 16.2. The van der Waals surface area contributed by atoms with E-state index in [1.54, 1.807) is 0 Å². The fourth-order valence-corrected chi connectivity index (χ4v) is 15.0. The van der Waals surface area contributed by atoms with Crippen LogP contribution in [0.1, 0.15) is 283 Å². The SMILES string of the molecule is CC(=O)N[C@@H](CCCCN)C(=O)N[C@@H](CCCCN)C(=O)N[C@@H](C)C(=O)N[C@@H](CC(C)C)C(=O)N[C@@H](CCCCN)C(=O)N[C@@H](CC(C)C)C(=O)N[C@@H](CC(C)C)C(=O)N[C@@H](CCCCN)C(=O)N[C@@H](CCCCN)C(=O)N1CCC[C@H]1C(=O)N[C@@H](CC(C)C)C(=O)N[C@@H](CCCCN)C(=O)N[C@@H](CC(C)C)C(=O)N[C@@H](CC(C)C)C(=O)N[C@@H](CCCCN)C(N)=O. The first-order chi connectivity index (χ1) is 60.0. The van der Waals surface area contributed by atoms with Gasteiger partial charge in [0.15, 0.2) is 0 Å². The van der Waals surface area contributed by atoms with Crippen molar-refractivity contribution in [3.8, 4) is 0 Å². The Labute approximate surface area is 754 Å². The van der Waals surface area contributed by atoms with E-state index in [1.807, 2.05) is 83.1 Å². The molecule has 16 amide bonds. The Morgan fingerprint density at radius 3 is 0.717 bits per heavy atom. The Morgan fingerprint density at radius 1 is 0.260 bits per heavy atom. The molecule has 127 heavy (non-hydrogen) atoms. The van der Waals surface area contributed by atoms with E-state index in [9.17, 15) is 71.9 Å². The fraction of sp³-hybridized carbons (Fsp3) is 0.818. The van der Waals surface area contributed by atoms with Crippen LogP contribution >= 0.6 is 0 Å². The van der Waals surface area contributed by atoms with Crippen LogP contribution in [0.3, 0.4) is 0 Å². The third kappa shape index (κ3) is 47.9. The molecule has 1 rings (SSSR count). The Bertz CT molecular complexity index is 3370. The molecule has 1 aliphatic heterocycles. The lowest BCUT2D eigenvalue weighted by Crippen LogP contribution is -2.61. The average molecular weight is 1800 g/mol. The van der Waals surface area contributed by atoms with E-state index in [-0.39, 0.29) is 158 Å². The number of amides is 16. The smallest absolute Gasteiger partial charge is 0.245 e. The molecule has 0 saturated carbocycles. The van der Waals surface area contributed by atoms with E-state index in [2.05, 4.69) is 74.4 Å². The number of rotatable bonds is 69. The lowest BCUT2D eigenvalue weighted by molar-refractivity contribution is -0.143. The van der Waals surface area contributed by atoms with Gasteiger partial charge in [-0.3, -0.25) is 76.7 Å². The van der Waals surface area contributed by atoms with Gasteiger partial charge in [-0.15, -0.1) is 0 Å². The molecule has 1 heterocycles. The van der Waals surface area contributed by atoms with Gasteiger partial charge in [0.2, 0.25) is 94.5 Å². The Hall–Kier alpha value is -8.76. The molecule has 730 valence electrons. The molecule has 0 spiro atoms. The molecule has 39 heteroatoms. The molecule has 1 fully saturated rings. The number of nitrogens with one attached hydrogen (secondary N) is 14. The van der Waals surface area contributed by atoms with Gasteiger partial charge in [0.05, 0.1) is 0 Å². The summed E-state index contributed by atoms with van der Waals surface area (Å²) in [5.74, 6) is -12.2. The van der Waals surface area contributed by atoms with Crippen LogP contribution in [0.25, 0.3) is 0 Å². The van der Waals surface area contributed by atoms with Gasteiger partial charge in [-0.1, -0.05) is 83.1 Å². The number of carbonyl (C=O) groups is 16. The Kier molecular flexibility index (Phi) is 59.4. The number of carbonyl (C=O) groups excluding carboxylic acids is 16. The second-order valence-electron chi connectivity index (χ2n) is 36.6. The maximum Gasteiger partial charge on any atom is 0.245 e. The van der Waals surface area contributed by atoms with Crippen molar-refractivity contribution in [2.24, 2.45) is 81.4 Å². The van der Waals surface area contributed by atoms with Crippen molar-refractivity contribution in [1.82, 2.24) is 79.3 Å². The number of hydrogen-bond donors (Lipinski definition) is 22. The van der Waals surface area contributed by atoms with Crippen LogP contribution in [-0.2, 0) is 76.7 Å². The summed E-state index contributed by atoms with van der Waals surface area (Å²) in [6, 6.07) is -18.0. The van der Waals surface area contributed by atoms with Gasteiger partial charge < -0.3 is 125 Å². The number of nitrogens with two attached hydrogens (primary N) is 8. The number of hydrogen-bond acceptors (Lipinski definition) is 23. The van der Waals surface area contributed by atoms with Crippen LogP contribution in [0.4, 0.5) is 0 Å². The van der Waals surface area contributed by atoms with Crippen LogP contribution in [0.5, 0.6) is 0 Å². The zero-order valence-electron chi connectivity index (χ0n) is 78.9. The van der Waals surface area contributed by atoms with Crippen LogP contribution in [0, 0.1) is 35.5 Å². The number of primary amides is 1. The van der Waals surface area contributed by atoms with E-state index in [4.69, 9.17) is 45.9 Å². The zero-order valence-corrected chi connectivity index (χ0v) is 78.9. The van der Waals surface area contributed by atoms with Gasteiger partial charge in [0, 0.05) is 13.5 Å². The standard InChI is InChI=1S/C88H167N23O16/c1-52(2)46-67(105-75(114)58(13)97-76(115)62(32-17-24-40-91)100-77(116)61(98-59(14)112)31-16-23-39-90)82(121)102-64(34-19-26-42-93)79(118)107-71(50-56(9)10)86(125)109-69(48-54(5)6)83(122)101-63(33-18-25-41-92)78(117)104-66(36-21-28-44-95)88(127)111-45-29-37-73(111)87(126)110-72(51-57(11)12)84(123)103-65(35-20-27-43-94)80(119)106-70(49-55(7)8)85(124)108-68(47-53(3)4)81(120)99-60(74(96)113)30-15-22-38-89/h52-58,60-73H,15-51,89-95H2,1-14H3,(H2,96,113)(H,97,115)(H,98,112)(H,99,120)(H,100,116)(H,101,122)(H,102,121)(H,103,123)(H,104,117)(H,105,114)(H,106,119)(H,107,118)(H,108,124)(H,109,125)(H,110,126)/t58-,60-,61-,62-,63-,64-,65-,66-,67-,68-,69-,70-,71-,72-,73-/m0/s1. The minimum absolute atomic E-state index is 0.0349. The Morgan fingerprint density at radius 2 is 0.465 bits per heavy atom. The van der Waals surface area contributed by atoms with Crippen LogP contribution in [0.2, 0.25) is 0 Å². The summed E-state index contributed by atoms with van der Waals surface area (Å²) in [6.07, 6.45) is 8.42. The largest absolute Gasteiger partial charge is 0.368 e. The predicted molar refractivity (Wildman–Crippen MR) is 489 cm³/mol. The minimum Gasteiger partial charge on any atom is -0.368 e. The third-order valence-electron chi connectivity index (χ3n) is 21.8. The van der Waals surface area contributed by atoms with Gasteiger partial charge in [0.25, 0.3) is 0 Å². The molecule has 0 unspecified atom stereocenters. The molecule has 0 radical (unpaired) electrons. The van der Waals surface area contributed by atoms with Gasteiger partial charge in [-0.2, -0.15) is 0 Å². The predicted octanol–water partition coefficient (Wildman–Crippen LogP) is -0.531. The van der Waals surface area contributed by atoms with Crippen molar-refractivity contribution in [2.45, 2.75) is 374 Å². The number of unbranched alkanes of at least 4 members (excludes halogenated alkanes) is 7. The first-order valence-electron chi connectivity index (χ1n) is 46.8. The molecule has 0 aromatic heterocycles. The van der Waals surface area contributed by atoms with Crippen molar-refractivity contribution < 1.29 is 76.7 Å². The van der Waals surface area contributed by atoms with Gasteiger partial charge in [0.1, 0.15) is 90.6 Å². The second kappa shape index (κ2) is 64.9. The molecular weight excluding hydrogens is 1640 g/mol. The second-order valence-corrected chi connectivity index (χ2v) is 36.6. The van der Waals surface area contributed by atoms with Crippen molar-refractivity contribution in [3.05, 3.63) is 0 Å². The van der Waals surface area contributed by atoms with Crippen molar-refractivity contribution in [3.63, 3.8) is 0 Å².